The smallest absolute Gasteiger partial charge is 0.352 e. The molecule has 1 unspecified atom stereocenters. The van der Waals surface area contributed by atoms with E-state index in [9.17, 15) is 39.9 Å². The molecular weight excluding hydrogens is 520 g/mol. The average Bonchev–Trinajstić information content (AvgIpc) is 3.26. The number of carboxylic acid groups (broad SMARTS) is 1. The maximum atomic E-state index is 12.8. The number of fused-ring (bicyclic) bond motifs is 1. The number of hydrogen-bond acceptors (Lipinski definition) is 13. The van der Waals surface area contributed by atoms with Crippen molar-refractivity contribution in [3.05, 3.63) is 45.1 Å². The first-order chi connectivity index (χ1) is 17.1. The molecule has 0 spiro atoms. The molecule has 2 amide bonds. The van der Waals surface area contributed by atoms with Crippen LogP contribution in [0.25, 0.3) is 0 Å². The predicted octanol–water partition coefficient (Wildman–Crippen LogP) is -0.467. The van der Waals surface area contributed by atoms with Crippen LogP contribution in [-0.2, 0) is 21.4 Å². The number of nitrogens with one attached hydrogen (secondary N) is 1. The molecule has 3 heterocycles. The number of phenols is 1. The number of phenolic OH excluding ortho intramolecular Hbond substituents is 1. The summed E-state index contributed by atoms with van der Waals surface area (Å²) in [4.78, 5) is 48.8. The van der Waals surface area contributed by atoms with E-state index in [1.54, 1.807) is 7.05 Å². The normalized spacial score (nSPS) is 19.5. The number of nitro groups is 1. The zero-order chi connectivity index (χ0) is 26.1. The molecule has 0 saturated carbocycles. The number of amides is 2. The molecule has 2 atom stereocenters. The molecule has 1 aromatic carbocycles. The lowest BCUT2D eigenvalue weighted by molar-refractivity contribution is -0.385. The Morgan fingerprint density at radius 2 is 2.17 bits per heavy atom. The fraction of sp³-hybridized carbons (Fsp3) is 0.278. The third-order valence-electron chi connectivity index (χ3n) is 5.25. The van der Waals surface area contributed by atoms with E-state index < -0.39 is 51.3 Å². The van der Waals surface area contributed by atoms with E-state index in [1.165, 1.54) is 28.2 Å². The topological polar surface area (TPSA) is 226 Å². The van der Waals surface area contributed by atoms with Crippen molar-refractivity contribution in [2.45, 2.75) is 16.6 Å². The number of nitrogens with zero attached hydrogens (tertiary/aromatic N) is 7. The van der Waals surface area contributed by atoms with Gasteiger partial charge in [-0.15, -0.1) is 16.9 Å². The number of hydrogen-bond donors (Lipinski definition) is 4. The largest absolute Gasteiger partial charge is 0.502 e. The maximum absolute atomic E-state index is 12.8. The summed E-state index contributed by atoms with van der Waals surface area (Å²) in [5.41, 5.74) is -1.24. The summed E-state index contributed by atoms with van der Waals surface area (Å²) >= 11 is 2.44. The number of benzene rings is 1. The number of tetrazole rings is 1. The van der Waals surface area contributed by atoms with E-state index in [0.29, 0.717) is 10.7 Å². The number of carboxylic acids is 1. The van der Waals surface area contributed by atoms with Gasteiger partial charge in [0.15, 0.2) is 11.5 Å². The highest BCUT2D eigenvalue weighted by Gasteiger charge is 2.54. The van der Waals surface area contributed by atoms with Crippen molar-refractivity contribution in [1.29, 1.82) is 0 Å². The molecule has 0 bridgehead atoms. The number of carbonyl (C=O) groups is 3. The number of oxime groups is 1. The van der Waals surface area contributed by atoms with Crippen molar-refractivity contribution >= 4 is 52.7 Å². The lowest BCUT2D eigenvalue weighted by Crippen LogP contribution is -2.71. The Kier molecular flexibility index (Phi) is 6.80. The van der Waals surface area contributed by atoms with Crippen LogP contribution in [0.5, 0.6) is 5.75 Å². The highest BCUT2D eigenvalue weighted by atomic mass is 32.2. The Balaban J connectivity index is 1.50. The number of aromatic hydroxyl groups is 1. The summed E-state index contributed by atoms with van der Waals surface area (Å²) in [6.07, 6.45) is 0. The van der Waals surface area contributed by atoms with Crippen molar-refractivity contribution in [3.8, 4) is 5.75 Å². The number of rotatable bonds is 8. The van der Waals surface area contributed by atoms with Gasteiger partial charge >= 0.3 is 11.7 Å². The SMILES string of the molecule is Cn1nnnc1SCC1=C(C(=O)O)N2C(=O)C(NC(=O)/C(=N/O)c3ccc(O)c([N+](=O)[O-])c3)[C@H]2SC1. The minimum Gasteiger partial charge on any atom is -0.502 e. The van der Waals surface area contributed by atoms with Crippen molar-refractivity contribution in [2.75, 3.05) is 11.5 Å². The van der Waals surface area contributed by atoms with Crippen LogP contribution < -0.4 is 5.32 Å². The van der Waals surface area contributed by atoms with E-state index in [1.807, 2.05) is 0 Å². The first-order valence-electron chi connectivity index (χ1n) is 9.89. The van der Waals surface area contributed by atoms with Crippen molar-refractivity contribution in [3.63, 3.8) is 0 Å². The van der Waals surface area contributed by atoms with E-state index >= 15 is 0 Å². The van der Waals surface area contributed by atoms with Gasteiger partial charge in [-0.1, -0.05) is 16.9 Å². The molecule has 2 aliphatic heterocycles. The first-order valence-corrected chi connectivity index (χ1v) is 11.9. The van der Waals surface area contributed by atoms with Crippen LogP contribution in [-0.4, -0.2) is 91.9 Å². The minimum absolute atomic E-state index is 0.178. The Bertz CT molecular complexity index is 1340. The number of β-lactam (4-membered cyclic amide) rings is 1. The molecule has 36 heavy (non-hydrogen) atoms. The molecule has 4 N–H and O–H groups in total. The molecule has 188 valence electrons. The fourth-order valence-corrected chi connectivity index (χ4v) is 5.89. The Hall–Kier alpha value is -4.19. The average molecular weight is 537 g/mol. The van der Waals surface area contributed by atoms with Gasteiger partial charge in [0.1, 0.15) is 17.1 Å². The Labute approximate surface area is 209 Å². The summed E-state index contributed by atoms with van der Waals surface area (Å²) in [5.74, 6) is -3.19. The lowest BCUT2D eigenvalue weighted by Gasteiger charge is -2.49. The molecule has 16 nitrogen and oxygen atoms in total. The van der Waals surface area contributed by atoms with Crippen molar-refractivity contribution in [2.24, 2.45) is 12.2 Å². The van der Waals surface area contributed by atoms with Crippen LogP contribution in [0, 0.1) is 10.1 Å². The first kappa shape index (κ1) is 24.9. The summed E-state index contributed by atoms with van der Waals surface area (Å²) in [6, 6.07) is 1.80. The van der Waals surface area contributed by atoms with Gasteiger partial charge in [-0.3, -0.25) is 24.6 Å². The zero-order valence-electron chi connectivity index (χ0n) is 18.1. The fourth-order valence-electron chi connectivity index (χ4n) is 3.55. The van der Waals surface area contributed by atoms with Crippen LogP contribution in [0.15, 0.2) is 39.8 Å². The number of aromatic nitrogens is 4. The minimum atomic E-state index is -1.31. The number of nitro benzene ring substituents is 1. The van der Waals surface area contributed by atoms with Crippen LogP contribution in [0.2, 0.25) is 0 Å². The molecule has 18 heteroatoms. The van der Waals surface area contributed by atoms with Gasteiger partial charge in [0, 0.05) is 30.2 Å². The second kappa shape index (κ2) is 9.82. The maximum Gasteiger partial charge on any atom is 0.352 e. The summed E-state index contributed by atoms with van der Waals surface area (Å²) in [5, 5.41) is 55.8. The third-order valence-corrected chi connectivity index (χ3v) is 7.69. The zero-order valence-corrected chi connectivity index (χ0v) is 19.8. The Morgan fingerprint density at radius 3 is 2.78 bits per heavy atom. The number of aliphatic carboxylic acids is 1. The monoisotopic (exact) mass is 536 g/mol. The van der Waals surface area contributed by atoms with Gasteiger partial charge in [0.05, 0.1) is 4.92 Å². The van der Waals surface area contributed by atoms with Crippen LogP contribution in [0.4, 0.5) is 5.69 Å². The number of aryl methyl sites for hydroxylation is 1. The van der Waals surface area contributed by atoms with Crippen molar-refractivity contribution in [1.82, 2.24) is 30.4 Å². The third kappa shape index (κ3) is 4.42. The summed E-state index contributed by atoms with van der Waals surface area (Å²) in [6.45, 7) is 0. The highest BCUT2D eigenvalue weighted by molar-refractivity contribution is 8.01. The van der Waals surface area contributed by atoms with Crippen LogP contribution in [0.1, 0.15) is 5.56 Å². The van der Waals surface area contributed by atoms with E-state index in [0.717, 1.165) is 23.1 Å². The second-order valence-electron chi connectivity index (χ2n) is 7.40. The standard InChI is InChI=1S/C18H16N8O8S2/c1-24-18(20-22-23-24)36-6-8-5-35-16-12(15(29)25(16)13(8)17(30)31)19-14(28)11(21-32)7-2-3-10(27)9(4-7)26(33)34/h2-4,12,16,27,32H,5-6H2,1H3,(H,19,28)(H,30,31)/b21-11+/t12?,16-/m1/s1. The highest BCUT2D eigenvalue weighted by Crippen LogP contribution is 2.41. The van der Waals surface area contributed by atoms with E-state index in [-0.39, 0.29) is 22.8 Å². The van der Waals surface area contributed by atoms with Gasteiger partial charge in [-0.25, -0.2) is 9.48 Å². The lowest BCUT2D eigenvalue weighted by atomic mass is 10.0. The summed E-state index contributed by atoms with van der Waals surface area (Å²) in [7, 11) is 1.63. The van der Waals surface area contributed by atoms with Gasteiger partial charge in [0.25, 0.3) is 11.8 Å². The van der Waals surface area contributed by atoms with Gasteiger partial charge in [0.2, 0.25) is 5.16 Å². The van der Waals surface area contributed by atoms with E-state index in [4.69, 9.17) is 0 Å². The molecule has 1 fully saturated rings. The summed E-state index contributed by atoms with van der Waals surface area (Å²) < 4.78 is 1.42. The number of thioether (sulfide) groups is 2. The molecule has 0 radical (unpaired) electrons. The van der Waals surface area contributed by atoms with Gasteiger partial charge in [-0.05, 0) is 28.1 Å². The molecule has 2 aliphatic rings. The molecule has 0 aliphatic carbocycles. The molecular formula is C18H16N8O8S2. The molecule has 1 aromatic heterocycles. The quantitative estimate of drug-likeness (QED) is 0.0837. The van der Waals surface area contributed by atoms with Crippen molar-refractivity contribution < 1.29 is 34.7 Å². The van der Waals surface area contributed by atoms with Crippen LogP contribution >= 0.6 is 23.5 Å². The number of carbonyl (C=O) groups excluding carboxylic acids is 2. The molecule has 2 aromatic rings. The molecule has 4 rings (SSSR count). The van der Waals surface area contributed by atoms with Gasteiger partial charge in [-0.2, -0.15) is 0 Å². The molecule has 1 saturated heterocycles. The van der Waals surface area contributed by atoms with Gasteiger partial charge < -0.3 is 20.7 Å². The second-order valence-corrected chi connectivity index (χ2v) is 9.45. The predicted molar refractivity (Wildman–Crippen MR) is 122 cm³/mol. The van der Waals surface area contributed by atoms with Crippen LogP contribution in [0.3, 0.4) is 0 Å². The van der Waals surface area contributed by atoms with E-state index in [2.05, 4.69) is 26.0 Å². The Morgan fingerprint density at radius 1 is 1.42 bits per heavy atom.